The van der Waals surface area contributed by atoms with Gasteiger partial charge in [-0.05, 0) is 50.5 Å². The van der Waals surface area contributed by atoms with Crippen molar-refractivity contribution in [3.63, 3.8) is 0 Å². The molecule has 0 aromatic heterocycles. The Hall–Kier alpha value is -0.580. The van der Waals surface area contributed by atoms with E-state index in [1.807, 2.05) is 12.1 Å². The van der Waals surface area contributed by atoms with Gasteiger partial charge in [-0.15, -0.1) is 11.8 Å². The van der Waals surface area contributed by atoms with E-state index in [2.05, 4.69) is 12.2 Å². The average molecular weight is 297 g/mol. The zero-order chi connectivity index (χ0) is 14.4. The van der Waals surface area contributed by atoms with Crippen LogP contribution < -0.4 is 5.32 Å². The predicted molar refractivity (Wildman–Crippen MR) is 82.6 cm³/mol. The zero-order valence-electron chi connectivity index (χ0n) is 12.1. The monoisotopic (exact) mass is 297 g/mol. The number of aliphatic hydroxyl groups excluding tert-OH is 1. The van der Waals surface area contributed by atoms with E-state index in [1.165, 1.54) is 18.9 Å². The third kappa shape index (κ3) is 5.08. The van der Waals surface area contributed by atoms with Crippen LogP contribution in [-0.4, -0.2) is 29.0 Å². The van der Waals surface area contributed by atoms with Gasteiger partial charge in [0.1, 0.15) is 5.82 Å². The summed E-state index contributed by atoms with van der Waals surface area (Å²) in [4.78, 5) is 0.730. The van der Waals surface area contributed by atoms with Crippen molar-refractivity contribution in [3.8, 4) is 0 Å². The Balaban J connectivity index is 1.64. The fourth-order valence-electron chi connectivity index (χ4n) is 2.28. The van der Waals surface area contributed by atoms with Crippen molar-refractivity contribution in [3.05, 3.63) is 30.1 Å². The Bertz CT molecular complexity index is 425. The van der Waals surface area contributed by atoms with E-state index in [0.29, 0.717) is 6.04 Å². The molecule has 112 valence electrons. The van der Waals surface area contributed by atoms with Gasteiger partial charge in [0.05, 0.1) is 6.61 Å². The van der Waals surface area contributed by atoms with Crippen molar-refractivity contribution in [1.29, 1.82) is 0 Å². The third-order valence-electron chi connectivity index (χ3n) is 3.70. The van der Waals surface area contributed by atoms with Crippen molar-refractivity contribution >= 4 is 11.8 Å². The maximum Gasteiger partial charge on any atom is 0.136 e. The molecule has 0 heterocycles. The number of thioether (sulfide) groups is 1. The molecule has 1 aliphatic carbocycles. The molecule has 1 atom stereocenters. The van der Waals surface area contributed by atoms with Crippen molar-refractivity contribution in [2.24, 2.45) is 0 Å². The number of hydrogen-bond acceptors (Lipinski definition) is 3. The topological polar surface area (TPSA) is 32.3 Å². The molecule has 0 bridgehead atoms. The molecule has 0 aliphatic heterocycles. The highest BCUT2D eigenvalue weighted by Crippen LogP contribution is 2.26. The number of nitrogens with one attached hydrogen (secondary N) is 1. The minimum atomic E-state index is -0.149. The van der Waals surface area contributed by atoms with E-state index >= 15 is 0 Å². The maximum absolute atomic E-state index is 13.4. The molecule has 1 aromatic rings. The highest BCUT2D eigenvalue weighted by molar-refractivity contribution is 7.99. The van der Waals surface area contributed by atoms with Gasteiger partial charge >= 0.3 is 0 Å². The minimum Gasteiger partial charge on any atom is -0.394 e. The summed E-state index contributed by atoms with van der Waals surface area (Å²) in [5, 5.41) is 13.0. The van der Waals surface area contributed by atoms with Crippen molar-refractivity contribution in [2.45, 2.75) is 55.5 Å². The second-order valence-electron chi connectivity index (χ2n) is 5.87. The average Bonchev–Trinajstić information content (AvgIpc) is 3.24. The Kier molecular flexibility index (Phi) is 5.87. The van der Waals surface area contributed by atoms with Gasteiger partial charge < -0.3 is 10.4 Å². The smallest absolute Gasteiger partial charge is 0.136 e. The lowest BCUT2D eigenvalue weighted by Crippen LogP contribution is -2.46. The quantitative estimate of drug-likeness (QED) is 0.539. The molecule has 1 unspecified atom stereocenters. The first-order chi connectivity index (χ1) is 9.63. The molecular formula is C16H24FNOS. The fourth-order valence-corrected chi connectivity index (χ4v) is 3.23. The molecule has 1 aromatic carbocycles. The molecule has 1 saturated carbocycles. The van der Waals surface area contributed by atoms with Crippen molar-refractivity contribution < 1.29 is 9.50 Å². The molecule has 0 amide bonds. The summed E-state index contributed by atoms with van der Waals surface area (Å²) in [7, 11) is 0. The predicted octanol–water partition coefficient (Wildman–Crippen LogP) is 3.59. The normalized spacial score (nSPS) is 17.9. The van der Waals surface area contributed by atoms with E-state index in [0.717, 1.165) is 29.9 Å². The van der Waals surface area contributed by atoms with Gasteiger partial charge in [0.2, 0.25) is 0 Å². The number of aliphatic hydroxyl groups is 1. The molecule has 2 N–H and O–H groups in total. The maximum atomic E-state index is 13.4. The molecule has 0 radical (unpaired) electrons. The first kappa shape index (κ1) is 15.8. The van der Waals surface area contributed by atoms with Crippen LogP contribution >= 0.6 is 11.8 Å². The molecule has 20 heavy (non-hydrogen) atoms. The highest BCUT2D eigenvalue weighted by atomic mass is 32.2. The Morgan fingerprint density at radius 1 is 1.35 bits per heavy atom. The molecule has 0 saturated heterocycles. The van der Waals surface area contributed by atoms with Crippen LogP contribution in [0.15, 0.2) is 29.2 Å². The van der Waals surface area contributed by atoms with Crippen LogP contribution in [0.2, 0.25) is 0 Å². The van der Waals surface area contributed by atoms with Gasteiger partial charge in [-0.25, -0.2) is 4.39 Å². The molecule has 2 nitrogen and oxygen atoms in total. The van der Waals surface area contributed by atoms with Gasteiger partial charge in [0.25, 0.3) is 0 Å². The van der Waals surface area contributed by atoms with Crippen LogP contribution in [0.25, 0.3) is 0 Å². The number of hydrogen-bond donors (Lipinski definition) is 2. The molecule has 2 rings (SSSR count). The summed E-state index contributed by atoms with van der Waals surface area (Å²) in [5.74, 6) is 0.791. The molecule has 4 heteroatoms. The van der Waals surface area contributed by atoms with Gasteiger partial charge in [0.15, 0.2) is 0 Å². The second kappa shape index (κ2) is 7.43. The Morgan fingerprint density at radius 3 is 2.75 bits per heavy atom. The third-order valence-corrected chi connectivity index (χ3v) is 4.83. The first-order valence-corrected chi connectivity index (χ1v) is 8.37. The van der Waals surface area contributed by atoms with Crippen molar-refractivity contribution in [1.82, 2.24) is 5.32 Å². The standard InChI is InChI=1S/C16H24FNOS/c1-16(12-19,18-13-8-9-13)10-4-5-11-20-15-7-3-2-6-14(15)17/h2-3,6-7,13,18-19H,4-5,8-12H2,1H3. The second-order valence-corrected chi connectivity index (χ2v) is 7.01. The lowest BCUT2D eigenvalue weighted by atomic mass is 9.96. The molecule has 1 aliphatic rings. The first-order valence-electron chi connectivity index (χ1n) is 7.39. The van der Waals surface area contributed by atoms with Gasteiger partial charge in [-0.1, -0.05) is 18.6 Å². The minimum absolute atomic E-state index is 0.131. The molecule has 1 fully saturated rings. The van der Waals surface area contributed by atoms with Crippen LogP contribution in [0.4, 0.5) is 4.39 Å². The number of benzene rings is 1. The van der Waals surface area contributed by atoms with Crippen LogP contribution in [0, 0.1) is 5.82 Å². The summed E-state index contributed by atoms with van der Waals surface area (Å²) in [6.07, 6.45) is 5.54. The Morgan fingerprint density at radius 2 is 2.10 bits per heavy atom. The van der Waals surface area contributed by atoms with Crippen LogP contribution in [0.5, 0.6) is 0 Å². The van der Waals surface area contributed by atoms with E-state index in [4.69, 9.17) is 0 Å². The zero-order valence-corrected chi connectivity index (χ0v) is 12.9. The summed E-state index contributed by atoms with van der Waals surface area (Å²) in [5.41, 5.74) is -0.149. The van der Waals surface area contributed by atoms with Crippen LogP contribution in [0.1, 0.15) is 39.0 Å². The van der Waals surface area contributed by atoms with Crippen molar-refractivity contribution in [2.75, 3.05) is 12.4 Å². The molecule has 0 spiro atoms. The summed E-state index contributed by atoms with van der Waals surface area (Å²) >= 11 is 1.57. The van der Waals surface area contributed by atoms with E-state index in [1.54, 1.807) is 17.8 Å². The van der Waals surface area contributed by atoms with E-state index < -0.39 is 0 Å². The Labute approximate surface area is 125 Å². The number of unbranched alkanes of at least 4 members (excludes halogenated alkanes) is 1. The lowest BCUT2D eigenvalue weighted by Gasteiger charge is -2.29. The number of rotatable bonds is 9. The van der Waals surface area contributed by atoms with E-state index in [9.17, 15) is 9.50 Å². The lowest BCUT2D eigenvalue weighted by molar-refractivity contribution is 0.161. The summed E-state index contributed by atoms with van der Waals surface area (Å²) in [6.45, 7) is 2.28. The van der Waals surface area contributed by atoms with Gasteiger partial charge in [-0.2, -0.15) is 0 Å². The fraction of sp³-hybridized carbons (Fsp3) is 0.625. The van der Waals surface area contributed by atoms with E-state index in [-0.39, 0.29) is 18.0 Å². The van der Waals surface area contributed by atoms with Gasteiger partial charge in [-0.3, -0.25) is 0 Å². The van der Waals surface area contributed by atoms with Crippen LogP contribution in [0.3, 0.4) is 0 Å². The number of halogens is 1. The SMILES string of the molecule is CC(CO)(CCCCSc1ccccc1F)NC1CC1. The van der Waals surface area contributed by atoms with Crippen LogP contribution in [-0.2, 0) is 0 Å². The highest BCUT2D eigenvalue weighted by Gasteiger charge is 2.31. The van der Waals surface area contributed by atoms with Gasteiger partial charge in [0, 0.05) is 16.5 Å². The summed E-state index contributed by atoms with van der Waals surface area (Å²) in [6, 6.07) is 7.53. The molecular weight excluding hydrogens is 273 g/mol. The summed E-state index contributed by atoms with van der Waals surface area (Å²) < 4.78 is 13.4. The largest absolute Gasteiger partial charge is 0.394 e.